The van der Waals surface area contributed by atoms with Crippen LogP contribution in [0.4, 0.5) is 5.69 Å². The number of nitro groups is 1. The van der Waals surface area contributed by atoms with E-state index in [1.54, 1.807) is 56.6 Å². The number of nitrogens with zero attached hydrogens (tertiary/aromatic N) is 2. The van der Waals surface area contributed by atoms with Crippen LogP contribution in [0.2, 0.25) is 0 Å². The summed E-state index contributed by atoms with van der Waals surface area (Å²) in [5.41, 5.74) is 1.41. The van der Waals surface area contributed by atoms with Crippen LogP contribution in [-0.4, -0.2) is 22.9 Å². The van der Waals surface area contributed by atoms with Gasteiger partial charge in [0.2, 0.25) is 5.88 Å². The summed E-state index contributed by atoms with van der Waals surface area (Å²) in [6.45, 7) is 1.85. The summed E-state index contributed by atoms with van der Waals surface area (Å²) in [6, 6.07) is 15.0. The standard InChI is InChI=1S/C21H19N3O5/c1-14-6-8-16(10-19(14)24(26)27)21(25)23-13-15-7-9-20(22-12-15)29-18-5-3-4-17(11-18)28-2/h3-12H,13H2,1-2H3,(H,23,25). The van der Waals surface area contributed by atoms with Crippen molar-refractivity contribution >= 4 is 11.6 Å². The van der Waals surface area contributed by atoms with Gasteiger partial charge in [0.15, 0.2) is 0 Å². The lowest BCUT2D eigenvalue weighted by Crippen LogP contribution is -2.23. The average Bonchev–Trinajstić information content (AvgIpc) is 2.73. The van der Waals surface area contributed by atoms with E-state index in [4.69, 9.17) is 9.47 Å². The minimum atomic E-state index is -0.503. The molecule has 148 valence electrons. The molecule has 0 radical (unpaired) electrons. The number of carbonyl (C=O) groups excluding carboxylic acids is 1. The lowest BCUT2D eigenvalue weighted by atomic mass is 10.1. The molecule has 0 aliphatic rings. The highest BCUT2D eigenvalue weighted by molar-refractivity contribution is 5.94. The van der Waals surface area contributed by atoms with Crippen molar-refractivity contribution in [2.24, 2.45) is 0 Å². The van der Waals surface area contributed by atoms with E-state index in [9.17, 15) is 14.9 Å². The van der Waals surface area contributed by atoms with Crippen LogP contribution in [0.1, 0.15) is 21.5 Å². The molecular formula is C21H19N3O5. The molecule has 1 aromatic heterocycles. The first-order valence-corrected chi connectivity index (χ1v) is 8.76. The van der Waals surface area contributed by atoms with Crippen molar-refractivity contribution < 1.29 is 19.2 Å². The highest BCUT2D eigenvalue weighted by Crippen LogP contribution is 2.24. The minimum Gasteiger partial charge on any atom is -0.497 e. The maximum absolute atomic E-state index is 12.3. The maximum Gasteiger partial charge on any atom is 0.273 e. The van der Waals surface area contributed by atoms with Crippen LogP contribution in [0.5, 0.6) is 17.4 Å². The highest BCUT2D eigenvalue weighted by atomic mass is 16.6. The monoisotopic (exact) mass is 393 g/mol. The molecule has 0 unspecified atom stereocenters. The molecule has 1 heterocycles. The van der Waals surface area contributed by atoms with Crippen molar-refractivity contribution in [3.05, 3.63) is 87.6 Å². The van der Waals surface area contributed by atoms with Gasteiger partial charge in [0.1, 0.15) is 11.5 Å². The molecular weight excluding hydrogens is 374 g/mol. The normalized spacial score (nSPS) is 10.3. The third-order valence-electron chi connectivity index (χ3n) is 4.18. The molecule has 2 aromatic carbocycles. The van der Waals surface area contributed by atoms with E-state index in [1.165, 1.54) is 6.07 Å². The van der Waals surface area contributed by atoms with Crippen molar-refractivity contribution in [1.29, 1.82) is 0 Å². The molecule has 8 heteroatoms. The van der Waals surface area contributed by atoms with Crippen molar-refractivity contribution in [3.8, 4) is 17.4 Å². The first-order valence-electron chi connectivity index (χ1n) is 8.76. The second-order valence-corrected chi connectivity index (χ2v) is 6.23. The number of nitrogens with one attached hydrogen (secondary N) is 1. The van der Waals surface area contributed by atoms with E-state index >= 15 is 0 Å². The molecule has 8 nitrogen and oxygen atoms in total. The predicted molar refractivity (Wildman–Crippen MR) is 106 cm³/mol. The van der Waals surface area contributed by atoms with Crippen molar-refractivity contribution in [2.75, 3.05) is 7.11 Å². The quantitative estimate of drug-likeness (QED) is 0.480. The second-order valence-electron chi connectivity index (χ2n) is 6.23. The molecule has 0 atom stereocenters. The number of hydrogen-bond donors (Lipinski definition) is 1. The van der Waals surface area contributed by atoms with Gasteiger partial charge in [-0.1, -0.05) is 18.2 Å². The Kier molecular flexibility index (Phi) is 6.03. The van der Waals surface area contributed by atoms with Gasteiger partial charge in [0.05, 0.1) is 12.0 Å². The zero-order chi connectivity index (χ0) is 20.8. The Hall–Kier alpha value is -3.94. The number of methoxy groups -OCH3 is 1. The van der Waals surface area contributed by atoms with Crippen LogP contribution in [0.3, 0.4) is 0 Å². The molecule has 29 heavy (non-hydrogen) atoms. The topological polar surface area (TPSA) is 104 Å². The second kappa shape index (κ2) is 8.83. The van der Waals surface area contributed by atoms with E-state index in [2.05, 4.69) is 10.3 Å². The van der Waals surface area contributed by atoms with Gasteiger partial charge in [-0.15, -0.1) is 0 Å². The van der Waals surface area contributed by atoms with Gasteiger partial charge in [-0.2, -0.15) is 0 Å². The molecule has 1 N–H and O–H groups in total. The fourth-order valence-electron chi connectivity index (χ4n) is 2.59. The van der Waals surface area contributed by atoms with Crippen LogP contribution in [0.25, 0.3) is 0 Å². The van der Waals surface area contributed by atoms with Crippen LogP contribution in [0, 0.1) is 17.0 Å². The van der Waals surface area contributed by atoms with Gasteiger partial charge in [0.25, 0.3) is 11.6 Å². The molecule has 0 bridgehead atoms. The fraction of sp³-hybridized carbons (Fsp3) is 0.143. The Morgan fingerprint density at radius 3 is 2.62 bits per heavy atom. The van der Waals surface area contributed by atoms with Crippen molar-refractivity contribution in [1.82, 2.24) is 10.3 Å². The summed E-state index contributed by atoms with van der Waals surface area (Å²) < 4.78 is 10.8. The number of hydrogen-bond acceptors (Lipinski definition) is 6. The number of nitro benzene ring substituents is 1. The Labute approximate surface area is 167 Å². The molecule has 3 aromatic rings. The van der Waals surface area contributed by atoms with E-state index in [0.717, 1.165) is 5.56 Å². The summed E-state index contributed by atoms with van der Waals surface area (Å²) in [5, 5.41) is 13.7. The molecule has 0 aliphatic heterocycles. The highest BCUT2D eigenvalue weighted by Gasteiger charge is 2.14. The number of rotatable bonds is 7. The SMILES string of the molecule is COc1cccc(Oc2ccc(CNC(=O)c3ccc(C)c([N+](=O)[O-])c3)cn2)c1. The molecule has 0 saturated heterocycles. The van der Waals surface area contributed by atoms with E-state index in [-0.39, 0.29) is 17.8 Å². The lowest BCUT2D eigenvalue weighted by molar-refractivity contribution is -0.385. The van der Waals surface area contributed by atoms with Gasteiger partial charge < -0.3 is 14.8 Å². The lowest BCUT2D eigenvalue weighted by Gasteiger charge is -2.08. The first-order chi connectivity index (χ1) is 14.0. The number of amides is 1. The van der Waals surface area contributed by atoms with Crippen LogP contribution in [0.15, 0.2) is 60.8 Å². The number of benzene rings is 2. The summed E-state index contributed by atoms with van der Waals surface area (Å²) >= 11 is 0. The molecule has 1 amide bonds. The summed E-state index contributed by atoms with van der Waals surface area (Å²) in [5.74, 6) is 1.28. The van der Waals surface area contributed by atoms with Crippen LogP contribution < -0.4 is 14.8 Å². The smallest absolute Gasteiger partial charge is 0.273 e. The van der Waals surface area contributed by atoms with E-state index in [0.29, 0.717) is 22.9 Å². The fourth-order valence-corrected chi connectivity index (χ4v) is 2.59. The van der Waals surface area contributed by atoms with E-state index in [1.807, 2.05) is 12.1 Å². The molecule has 3 rings (SSSR count). The molecule has 0 saturated carbocycles. The third-order valence-corrected chi connectivity index (χ3v) is 4.18. The third kappa shape index (κ3) is 5.07. The minimum absolute atomic E-state index is 0.0849. The van der Waals surface area contributed by atoms with E-state index < -0.39 is 10.8 Å². The van der Waals surface area contributed by atoms with Crippen LogP contribution in [-0.2, 0) is 6.54 Å². The summed E-state index contributed by atoms with van der Waals surface area (Å²) in [4.78, 5) is 27.0. The first kappa shape index (κ1) is 19.8. The number of aryl methyl sites for hydroxylation is 1. The van der Waals surface area contributed by atoms with Crippen molar-refractivity contribution in [2.45, 2.75) is 13.5 Å². The summed E-state index contributed by atoms with van der Waals surface area (Å²) in [7, 11) is 1.58. The molecule has 0 spiro atoms. The van der Waals surface area contributed by atoms with Gasteiger partial charge in [0, 0.05) is 42.1 Å². The zero-order valence-electron chi connectivity index (χ0n) is 15.9. The Bertz CT molecular complexity index is 1030. The van der Waals surface area contributed by atoms with Crippen LogP contribution >= 0.6 is 0 Å². The predicted octanol–water partition coefficient (Wildman–Crippen LogP) is 4.03. The Balaban J connectivity index is 1.60. The van der Waals surface area contributed by atoms with Crippen molar-refractivity contribution in [3.63, 3.8) is 0 Å². The Morgan fingerprint density at radius 1 is 1.14 bits per heavy atom. The van der Waals surface area contributed by atoms with Gasteiger partial charge in [-0.3, -0.25) is 14.9 Å². The summed E-state index contributed by atoms with van der Waals surface area (Å²) in [6.07, 6.45) is 1.59. The molecule has 0 aliphatic carbocycles. The number of carbonyl (C=O) groups is 1. The number of ether oxygens (including phenoxy) is 2. The number of pyridine rings is 1. The van der Waals surface area contributed by atoms with Gasteiger partial charge in [-0.05, 0) is 30.7 Å². The largest absolute Gasteiger partial charge is 0.497 e. The maximum atomic E-state index is 12.3. The number of aromatic nitrogens is 1. The Morgan fingerprint density at radius 2 is 1.93 bits per heavy atom. The molecule has 0 fully saturated rings. The zero-order valence-corrected chi connectivity index (χ0v) is 15.9. The van der Waals surface area contributed by atoms with Gasteiger partial charge >= 0.3 is 0 Å². The average molecular weight is 393 g/mol. The van der Waals surface area contributed by atoms with Gasteiger partial charge in [-0.25, -0.2) is 4.98 Å².